The van der Waals surface area contributed by atoms with Crippen molar-refractivity contribution in [1.82, 2.24) is 24.5 Å². The highest BCUT2D eigenvalue weighted by atomic mass is 79.9. The van der Waals surface area contributed by atoms with Gasteiger partial charge in [-0.25, -0.2) is 9.67 Å². The van der Waals surface area contributed by atoms with Crippen LogP contribution in [0.2, 0.25) is 5.02 Å². The van der Waals surface area contributed by atoms with Crippen molar-refractivity contribution in [1.29, 1.82) is 0 Å². The van der Waals surface area contributed by atoms with E-state index in [1.165, 1.54) is 10.9 Å². The number of halogens is 2. The van der Waals surface area contributed by atoms with Gasteiger partial charge in [0, 0.05) is 9.50 Å². The Hall–Kier alpha value is -2.51. The van der Waals surface area contributed by atoms with Crippen LogP contribution < -0.4 is 5.56 Å². The van der Waals surface area contributed by atoms with Crippen LogP contribution >= 0.6 is 27.5 Å². The summed E-state index contributed by atoms with van der Waals surface area (Å²) in [5, 5.41) is 8.79. The molecule has 0 aliphatic carbocycles. The van der Waals surface area contributed by atoms with Crippen molar-refractivity contribution >= 4 is 38.7 Å². The lowest BCUT2D eigenvalue weighted by Gasteiger charge is -2.06. The van der Waals surface area contributed by atoms with E-state index in [1.807, 2.05) is 48.5 Å². The van der Waals surface area contributed by atoms with E-state index >= 15 is 0 Å². The van der Waals surface area contributed by atoms with E-state index in [9.17, 15) is 4.79 Å². The van der Waals surface area contributed by atoms with Crippen LogP contribution in [0, 0.1) is 0 Å². The van der Waals surface area contributed by atoms with Gasteiger partial charge in [-0.2, -0.15) is 0 Å². The largest absolute Gasteiger partial charge is 0.293 e. The van der Waals surface area contributed by atoms with Gasteiger partial charge in [0.05, 0.1) is 13.1 Å². The molecule has 6 nitrogen and oxygen atoms in total. The maximum Gasteiger partial charge on any atom is 0.283 e. The Balaban J connectivity index is 1.65. The first-order valence-corrected chi connectivity index (χ1v) is 9.05. The van der Waals surface area contributed by atoms with E-state index in [-0.39, 0.29) is 11.1 Å². The van der Waals surface area contributed by atoms with E-state index in [1.54, 1.807) is 4.68 Å². The number of nitrogens with zero attached hydrogens (tertiary/aromatic N) is 5. The molecular weight excluding hydrogens is 418 g/mol. The van der Waals surface area contributed by atoms with E-state index in [0.717, 1.165) is 15.6 Å². The van der Waals surface area contributed by atoms with E-state index < -0.39 is 0 Å². The fraction of sp³-hybridized carbons (Fsp3) is 0.111. The summed E-state index contributed by atoms with van der Waals surface area (Å²) < 4.78 is 4.14. The lowest BCUT2D eigenvalue weighted by atomic mass is 10.2. The lowest BCUT2D eigenvalue weighted by Crippen LogP contribution is -2.21. The topological polar surface area (TPSA) is 65.6 Å². The Kier molecular flexibility index (Phi) is 4.57. The Bertz CT molecular complexity index is 1120. The number of benzene rings is 2. The Morgan fingerprint density at radius 1 is 0.962 bits per heavy atom. The van der Waals surface area contributed by atoms with Gasteiger partial charge in [0.1, 0.15) is 6.33 Å². The zero-order valence-corrected chi connectivity index (χ0v) is 15.9. The van der Waals surface area contributed by atoms with Gasteiger partial charge in [-0.05, 0) is 35.4 Å². The first-order valence-electron chi connectivity index (χ1n) is 7.88. The first-order chi connectivity index (χ1) is 12.6. The van der Waals surface area contributed by atoms with Gasteiger partial charge in [-0.15, -0.1) is 5.10 Å². The minimum absolute atomic E-state index is 0.208. The molecule has 0 N–H and O–H groups in total. The molecule has 2 heterocycles. The minimum atomic E-state index is -0.208. The van der Waals surface area contributed by atoms with E-state index in [4.69, 9.17) is 11.6 Å². The summed E-state index contributed by atoms with van der Waals surface area (Å²) in [6, 6.07) is 15.2. The molecule has 0 amide bonds. The molecule has 0 saturated heterocycles. The SMILES string of the molecule is O=c1c2nnn(Cc3ccc(Cl)cc3)c2ncn1Cc1ccc(Br)cc1. The molecule has 26 heavy (non-hydrogen) atoms. The highest BCUT2D eigenvalue weighted by molar-refractivity contribution is 9.10. The molecule has 0 saturated carbocycles. The summed E-state index contributed by atoms with van der Waals surface area (Å²) in [4.78, 5) is 17.1. The molecule has 0 unspecified atom stereocenters. The third-order valence-corrected chi connectivity index (χ3v) is 4.78. The van der Waals surface area contributed by atoms with E-state index in [2.05, 4.69) is 31.2 Å². The molecular formula is C18H13BrClN5O. The van der Waals surface area contributed by atoms with Crippen molar-refractivity contribution < 1.29 is 0 Å². The predicted molar refractivity (Wildman–Crippen MR) is 103 cm³/mol. The molecule has 0 fully saturated rings. The fourth-order valence-electron chi connectivity index (χ4n) is 2.66. The zero-order chi connectivity index (χ0) is 18.1. The second kappa shape index (κ2) is 7.01. The smallest absolute Gasteiger partial charge is 0.283 e. The second-order valence-electron chi connectivity index (χ2n) is 5.85. The standard InChI is InChI=1S/C18H13BrClN5O/c19-14-5-1-12(2-6-14)9-24-11-21-17-16(18(24)26)22-23-25(17)10-13-3-7-15(20)8-4-13/h1-8,11H,9-10H2. The van der Waals surface area contributed by atoms with Gasteiger partial charge in [0.25, 0.3) is 5.56 Å². The Morgan fingerprint density at radius 3 is 2.35 bits per heavy atom. The molecule has 0 aliphatic rings. The van der Waals surface area contributed by atoms with Crippen molar-refractivity contribution in [3.63, 3.8) is 0 Å². The normalized spacial score (nSPS) is 11.2. The van der Waals surface area contributed by atoms with Crippen LogP contribution in [0.5, 0.6) is 0 Å². The van der Waals surface area contributed by atoms with Crippen LogP contribution in [0.4, 0.5) is 0 Å². The van der Waals surface area contributed by atoms with Crippen LogP contribution in [0.25, 0.3) is 11.2 Å². The molecule has 130 valence electrons. The first kappa shape index (κ1) is 16.9. The third-order valence-electron chi connectivity index (χ3n) is 4.00. The molecule has 2 aromatic carbocycles. The van der Waals surface area contributed by atoms with Gasteiger partial charge in [0.15, 0.2) is 11.2 Å². The molecule has 4 rings (SSSR count). The summed E-state index contributed by atoms with van der Waals surface area (Å²) in [5.41, 5.74) is 2.53. The van der Waals surface area contributed by atoms with Crippen LogP contribution in [-0.2, 0) is 13.1 Å². The number of hydrogen-bond donors (Lipinski definition) is 0. The van der Waals surface area contributed by atoms with Gasteiger partial charge in [-0.1, -0.05) is 57.0 Å². The fourth-order valence-corrected chi connectivity index (χ4v) is 3.05. The summed E-state index contributed by atoms with van der Waals surface area (Å²) in [6.45, 7) is 0.899. The Morgan fingerprint density at radius 2 is 1.62 bits per heavy atom. The Labute approximate surface area is 162 Å². The maximum atomic E-state index is 12.7. The van der Waals surface area contributed by atoms with Crippen molar-refractivity contribution in [2.75, 3.05) is 0 Å². The van der Waals surface area contributed by atoms with Crippen LogP contribution in [0.3, 0.4) is 0 Å². The lowest BCUT2D eigenvalue weighted by molar-refractivity contribution is 0.663. The molecule has 0 bridgehead atoms. The second-order valence-corrected chi connectivity index (χ2v) is 7.20. The number of fused-ring (bicyclic) bond motifs is 1. The highest BCUT2D eigenvalue weighted by Crippen LogP contribution is 2.13. The molecule has 0 atom stereocenters. The number of hydrogen-bond acceptors (Lipinski definition) is 4. The summed E-state index contributed by atoms with van der Waals surface area (Å²) in [5.74, 6) is 0. The van der Waals surface area contributed by atoms with Crippen molar-refractivity contribution in [3.05, 3.63) is 85.8 Å². The molecule has 0 radical (unpaired) electrons. The van der Waals surface area contributed by atoms with Crippen LogP contribution in [-0.4, -0.2) is 24.5 Å². The molecule has 4 aromatic rings. The maximum absolute atomic E-state index is 12.7. The average molecular weight is 431 g/mol. The summed E-state index contributed by atoms with van der Waals surface area (Å²) in [6.07, 6.45) is 1.54. The van der Waals surface area contributed by atoms with Crippen LogP contribution in [0.1, 0.15) is 11.1 Å². The van der Waals surface area contributed by atoms with Gasteiger partial charge in [-0.3, -0.25) is 9.36 Å². The molecule has 0 aliphatic heterocycles. The van der Waals surface area contributed by atoms with Gasteiger partial charge >= 0.3 is 0 Å². The highest BCUT2D eigenvalue weighted by Gasteiger charge is 2.12. The number of rotatable bonds is 4. The molecule has 0 spiro atoms. The van der Waals surface area contributed by atoms with Gasteiger partial charge < -0.3 is 0 Å². The van der Waals surface area contributed by atoms with E-state index in [0.29, 0.717) is 23.8 Å². The van der Waals surface area contributed by atoms with Crippen molar-refractivity contribution in [3.8, 4) is 0 Å². The summed E-state index contributed by atoms with van der Waals surface area (Å²) >= 11 is 9.31. The molecule has 8 heteroatoms. The predicted octanol–water partition coefficient (Wildman–Crippen LogP) is 3.50. The average Bonchev–Trinajstić information content (AvgIpc) is 3.05. The number of aromatic nitrogens is 5. The third kappa shape index (κ3) is 3.40. The minimum Gasteiger partial charge on any atom is -0.293 e. The monoisotopic (exact) mass is 429 g/mol. The van der Waals surface area contributed by atoms with Gasteiger partial charge in [0.2, 0.25) is 0 Å². The zero-order valence-electron chi connectivity index (χ0n) is 13.5. The quantitative estimate of drug-likeness (QED) is 0.497. The van der Waals surface area contributed by atoms with Crippen LogP contribution in [0.15, 0.2) is 64.1 Å². The molecule has 2 aromatic heterocycles. The summed E-state index contributed by atoms with van der Waals surface area (Å²) in [7, 11) is 0. The van der Waals surface area contributed by atoms with Crippen molar-refractivity contribution in [2.24, 2.45) is 0 Å². The van der Waals surface area contributed by atoms with Crippen molar-refractivity contribution in [2.45, 2.75) is 13.1 Å².